The van der Waals surface area contributed by atoms with Gasteiger partial charge in [0.05, 0.1) is 17.7 Å². The molecule has 76 valence electrons. The zero-order valence-electron chi connectivity index (χ0n) is 8.86. The standard InChI is InChI=1S/C12H13N3/c1-9(2)15-12(8-14)11-5-3-4-10(6-11)7-13/h3-6,9,12,15H,1-2H3. The van der Waals surface area contributed by atoms with Crippen LogP contribution in [0, 0.1) is 22.7 Å². The molecule has 0 aliphatic heterocycles. The van der Waals surface area contributed by atoms with Gasteiger partial charge in [0.1, 0.15) is 6.04 Å². The lowest BCUT2D eigenvalue weighted by Gasteiger charge is -2.14. The van der Waals surface area contributed by atoms with E-state index in [2.05, 4.69) is 17.5 Å². The monoisotopic (exact) mass is 199 g/mol. The maximum absolute atomic E-state index is 9.00. The highest BCUT2D eigenvalue weighted by Crippen LogP contribution is 2.14. The molecule has 0 aliphatic rings. The van der Waals surface area contributed by atoms with E-state index >= 15 is 0 Å². The van der Waals surface area contributed by atoms with Gasteiger partial charge in [0, 0.05) is 6.04 Å². The molecule has 1 unspecified atom stereocenters. The molecule has 15 heavy (non-hydrogen) atoms. The maximum Gasteiger partial charge on any atom is 0.121 e. The van der Waals surface area contributed by atoms with E-state index in [9.17, 15) is 0 Å². The number of benzene rings is 1. The summed E-state index contributed by atoms with van der Waals surface area (Å²) < 4.78 is 0. The zero-order chi connectivity index (χ0) is 11.3. The van der Waals surface area contributed by atoms with E-state index < -0.39 is 0 Å². The second kappa shape index (κ2) is 5.14. The van der Waals surface area contributed by atoms with Gasteiger partial charge in [0.15, 0.2) is 0 Å². The van der Waals surface area contributed by atoms with Crippen molar-refractivity contribution in [3.8, 4) is 12.1 Å². The van der Waals surface area contributed by atoms with E-state index in [1.807, 2.05) is 19.9 Å². The van der Waals surface area contributed by atoms with E-state index in [-0.39, 0.29) is 12.1 Å². The predicted molar refractivity (Wildman–Crippen MR) is 57.8 cm³/mol. The van der Waals surface area contributed by atoms with Gasteiger partial charge >= 0.3 is 0 Å². The Morgan fingerprint density at radius 1 is 1.27 bits per heavy atom. The molecule has 0 aromatic heterocycles. The Labute approximate surface area is 90.0 Å². The average molecular weight is 199 g/mol. The van der Waals surface area contributed by atoms with Crippen molar-refractivity contribution < 1.29 is 0 Å². The van der Waals surface area contributed by atoms with Gasteiger partial charge in [-0.05, 0) is 31.5 Å². The molecule has 1 atom stereocenters. The molecule has 1 aromatic carbocycles. The van der Waals surface area contributed by atoms with Crippen LogP contribution in [0.4, 0.5) is 0 Å². The van der Waals surface area contributed by atoms with Crippen LogP contribution < -0.4 is 5.32 Å². The largest absolute Gasteiger partial charge is 0.296 e. The molecule has 0 bridgehead atoms. The Balaban J connectivity index is 2.94. The molecule has 1 rings (SSSR count). The predicted octanol–water partition coefficient (Wildman–Crippen LogP) is 2.12. The van der Waals surface area contributed by atoms with Crippen LogP contribution in [-0.2, 0) is 0 Å². The van der Waals surface area contributed by atoms with Gasteiger partial charge in [-0.15, -0.1) is 0 Å². The van der Waals surface area contributed by atoms with Crippen LogP contribution in [0.15, 0.2) is 24.3 Å². The second-order valence-electron chi connectivity index (χ2n) is 3.62. The minimum atomic E-state index is -0.349. The fourth-order valence-electron chi connectivity index (χ4n) is 1.33. The van der Waals surface area contributed by atoms with E-state index in [1.54, 1.807) is 18.2 Å². The molecule has 0 saturated heterocycles. The minimum absolute atomic E-state index is 0.236. The Bertz CT molecular complexity index is 410. The van der Waals surface area contributed by atoms with E-state index in [1.165, 1.54) is 0 Å². The third kappa shape index (κ3) is 3.09. The molecule has 0 saturated carbocycles. The van der Waals surface area contributed by atoms with Crippen molar-refractivity contribution in [3.05, 3.63) is 35.4 Å². The highest BCUT2D eigenvalue weighted by atomic mass is 14.9. The van der Waals surface area contributed by atoms with Crippen molar-refractivity contribution in [2.75, 3.05) is 0 Å². The first-order valence-electron chi connectivity index (χ1n) is 4.83. The zero-order valence-corrected chi connectivity index (χ0v) is 8.86. The van der Waals surface area contributed by atoms with Crippen molar-refractivity contribution in [2.24, 2.45) is 0 Å². The van der Waals surface area contributed by atoms with Gasteiger partial charge in [-0.1, -0.05) is 12.1 Å². The lowest BCUT2D eigenvalue weighted by molar-refractivity contribution is 0.546. The van der Waals surface area contributed by atoms with Crippen LogP contribution in [0.3, 0.4) is 0 Å². The topological polar surface area (TPSA) is 59.6 Å². The number of nitrogens with one attached hydrogen (secondary N) is 1. The summed E-state index contributed by atoms with van der Waals surface area (Å²) in [5.41, 5.74) is 1.42. The van der Waals surface area contributed by atoms with Crippen molar-refractivity contribution in [1.82, 2.24) is 5.32 Å². The van der Waals surface area contributed by atoms with E-state index in [0.29, 0.717) is 5.56 Å². The number of hydrogen-bond donors (Lipinski definition) is 1. The fourth-order valence-corrected chi connectivity index (χ4v) is 1.33. The molecule has 1 aromatic rings. The molecule has 1 N–H and O–H groups in total. The first-order valence-corrected chi connectivity index (χ1v) is 4.83. The Morgan fingerprint density at radius 2 is 2.00 bits per heavy atom. The summed E-state index contributed by atoms with van der Waals surface area (Å²) >= 11 is 0. The summed E-state index contributed by atoms with van der Waals surface area (Å²) in [7, 11) is 0. The number of nitrogens with zero attached hydrogens (tertiary/aromatic N) is 2. The molecule has 0 heterocycles. The summed E-state index contributed by atoms with van der Waals surface area (Å²) in [6.07, 6.45) is 0. The quantitative estimate of drug-likeness (QED) is 0.811. The third-order valence-electron chi connectivity index (χ3n) is 1.98. The fraction of sp³-hybridized carbons (Fsp3) is 0.333. The highest BCUT2D eigenvalue weighted by Gasteiger charge is 2.11. The van der Waals surface area contributed by atoms with E-state index in [4.69, 9.17) is 10.5 Å². The van der Waals surface area contributed by atoms with Crippen LogP contribution >= 0.6 is 0 Å². The van der Waals surface area contributed by atoms with Gasteiger partial charge in [0.25, 0.3) is 0 Å². The van der Waals surface area contributed by atoms with Crippen LogP contribution in [0.5, 0.6) is 0 Å². The molecule has 0 radical (unpaired) electrons. The lowest BCUT2D eigenvalue weighted by atomic mass is 10.0. The minimum Gasteiger partial charge on any atom is -0.296 e. The normalized spacial score (nSPS) is 11.8. The average Bonchev–Trinajstić information content (AvgIpc) is 2.25. The van der Waals surface area contributed by atoms with Crippen LogP contribution in [0.2, 0.25) is 0 Å². The number of hydrogen-bond acceptors (Lipinski definition) is 3. The molecular formula is C12H13N3. The Morgan fingerprint density at radius 3 is 2.53 bits per heavy atom. The van der Waals surface area contributed by atoms with Gasteiger partial charge < -0.3 is 0 Å². The Kier molecular flexibility index (Phi) is 3.85. The van der Waals surface area contributed by atoms with Crippen molar-refractivity contribution >= 4 is 0 Å². The van der Waals surface area contributed by atoms with Gasteiger partial charge in [-0.2, -0.15) is 10.5 Å². The van der Waals surface area contributed by atoms with Crippen LogP contribution in [-0.4, -0.2) is 6.04 Å². The third-order valence-corrected chi connectivity index (χ3v) is 1.98. The molecule has 3 nitrogen and oxygen atoms in total. The maximum atomic E-state index is 9.00. The van der Waals surface area contributed by atoms with Gasteiger partial charge in [-0.3, -0.25) is 5.32 Å². The van der Waals surface area contributed by atoms with Crippen molar-refractivity contribution in [1.29, 1.82) is 10.5 Å². The SMILES string of the molecule is CC(C)NC(C#N)c1cccc(C#N)c1. The first kappa shape index (κ1) is 11.2. The van der Waals surface area contributed by atoms with Crippen LogP contribution in [0.25, 0.3) is 0 Å². The number of rotatable bonds is 3. The Hall–Kier alpha value is -1.84. The summed E-state index contributed by atoms with van der Waals surface area (Å²) in [5.74, 6) is 0. The summed E-state index contributed by atoms with van der Waals surface area (Å²) in [6.45, 7) is 3.97. The summed E-state index contributed by atoms with van der Waals surface area (Å²) in [4.78, 5) is 0. The molecule has 0 aliphatic carbocycles. The smallest absolute Gasteiger partial charge is 0.121 e. The molecule has 0 spiro atoms. The van der Waals surface area contributed by atoms with Crippen molar-refractivity contribution in [3.63, 3.8) is 0 Å². The van der Waals surface area contributed by atoms with Crippen LogP contribution in [0.1, 0.15) is 31.0 Å². The molecule has 3 heteroatoms. The number of nitriles is 2. The van der Waals surface area contributed by atoms with Crippen molar-refractivity contribution in [2.45, 2.75) is 25.9 Å². The molecular weight excluding hydrogens is 186 g/mol. The highest BCUT2D eigenvalue weighted by molar-refractivity contribution is 5.36. The van der Waals surface area contributed by atoms with E-state index in [0.717, 1.165) is 5.56 Å². The summed E-state index contributed by atoms with van der Waals surface area (Å²) in [5, 5.41) is 20.9. The lowest BCUT2D eigenvalue weighted by Crippen LogP contribution is -2.27. The molecule has 0 fully saturated rings. The van der Waals surface area contributed by atoms with Gasteiger partial charge in [-0.25, -0.2) is 0 Å². The molecule has 0 amide bonds. The summed E-state index contributed by atoms with van der Waals surface area (Å²) in [6, 6.07) is 11.2. The van der Waals surface area contributed by atoms with Gasteiger partial charge in [0.2, 0.25) is 0 Å². The first-order chi connectivity index (χ1) is 7.17. The second-order valence-corrected chi connectivity index (χ2v) is 3.62.